The highest BCUT2D eigenvalue weighted by atomic mass is 16.5. The summed E-state index contributed by atoms with van der Waals surface area (Å²) in [5, 5.41) is 12.5. The summed E-state index contributed by atoms with van der Waals surface area (Å²) in [6.45, 7) is 10.2. The molecule has 3 fully saturated rings. The van der Waals surface area contributed by atoms with Gasteiger partial charge in [-0.05, 0) is 84.0 Å². The molecule has 0 aliphatic carbocycles. The van der Waals surface area contributed by atoms with Gasteiger partial charge < -0.3 is 39.8 Å². The molecule has 3 aliphatic heterocycles. The van der Waals surface area contributed by atoms with Gasteiger partial charge in [0.05, 0.1) is 48.4 Å². The molecule has 3 aliphatic rings. The van der Waals surface area contributed by atoms with Crippen LogP contribution in [0.15, 0.2) is 91.3 Å². The van der Waals surface area contributed by atoms with Crippen molar-refractivity contribution in [2.75, 3.05) is 45.2 Å². The predicted octanol–water partition coefficient (Wildman–Crippen LogP) is 7.62. The third kappa shape index (κ3) is 8.42. The van der Waals surface area contributed by atoms with Crippen molar-refractivity contribution in [3.05, 3.63) is 114 Å². The number of nitrogens with zero attached hydrogens (tertiary/aromatic N) is 6. The zero-order valence-corrected chi connectivity index (χ0v) is 37.5. The minimum absolute atomic E-state index is 0.129. The number of alkyl carbamates (subject to hydrolysis) is 1. The van der Waals surface area contributed by atoms with Crippen molar-refractivity contribution in [3.8, 4) is 22.5 Å². The molecule has 4 N–H and O–H groups in total. The molecule has 5 aromatic rings. The van der Waals surface area contributed by atoms with Crippen molar-refractivity contribution < 1.29 is 29.0 Å². The number of rotatable bonds is 13. The lowest BCUT2D eigenvalue weighted by Gasteiger charge is -2.52. The van der Waals surface area contributed by atoms with E-state index in [1.165, 1.54) is 14.2 Å². The molecule has 2 aromatic heterocycles. The van der Waals surface area contributed by atoms with Gasteiger partial charge >= 0.3 is 12.2 Å². The highest BCUT2D eigenvalue weighted by molar-refractivity contribution is 5.87. The number of carbonyl (C=O) groups is 4. The van der Waals surface area contributed by atoms with Crippen molar-refractivity contribution in [2.24, 2.45) is 11.8 Å². The number of methoxy groups -OCH3 is 1. The van der Waals surface area contributed by atoms with E-state index in [1.807, 2.05) is 51.1 Å². The summed E-state index contributed by atoms with van der Waals surface area (Å²) in [7, 11) is 2.75. The van der Waals surface area contributed by atoms with Gasteiger partial charge in [-0.15, -0.1) is 0 Å². The van der Waals surface area contributed by atoms with Crippen LogP contribution in [0.2, 0.25) is 0 Å². The molecule has 3 aromatic carbocycles. The van der Waals surface area contributed by atoms with Gasteiger partial charge in [0.1, 0.15) is 23.7 Å². The Morgan fingerprint density at radius 1 is 0.766 bits per heavy atom. The van der Waals surface area contributed by atoms with E-state index in [1.54, 1.807) is 4.90 Å². The second-order valence-corrected chi connectivity index (χ2v) is 18.1. The first kappa shape index (κ1) is 44.0. The lowest BCUT2D eigenvalue weighted by molar-refractivity contribution is -0.138. The minimum atomic E-state index is -1.13. The van der Waals surface area contributed by atoms with E-state index >= 15 is 0 Å². The Morgan fingerprint density at radius 3 is 1.78 bits per heavy atom. The van der Waals surface area contributed by atoms with Crippen LogP contribution in [0.3, 0.4) is 0 Å². The van der Waals surface area contributed by atoms with Gasteiger partial charge in [-0.2, -0.15) is 0 Å². The van der Waals surface area contributed by atoms with Gasteiger partial charge in [-0.25, -0.2) is 19.6 Å². The Bertz CT molecular complexity index is 2480. The second kappa shape index (κ2) is 18.2. The third-order valence-electron chi connectivity index (χ3n) is 13.4. The molecular formula is C49H59N9O6. The molecule has 0 spiro atoms. The molecule has 336 valence electrons. The Kier molecular flexibility index (Phi) is 12.5. The summed E-state index contributed by atoms with van der Waals surface area (Å²) in [5.74, 6) is 0.727. The maximum Gasteiger partial charge on any atom is 0.407 e. The zero-order valence-electron chi connectivity index (χ0n) is 37.5. The Labute approximate surface area is 374 Å². The van der Waals surface area contributed by atoms with Gasteiger partial charge in [0, 0.05) is 38.9 Å². The fourth-order valence-electron chi connectivity index (χ4n) is 9.93. The monoisotopic (exact) mass is 869 g/mol. The predicted molar refractivity (Wildman–Crippen MR) is 243 cm³/mol. The Balaban J connectivity index is 1.07. The van der Waals surface area contributed by atoms with Gasteiger partial charge in [0.25, 0.3) is 0 Å². The number of amides is 4. The van der Waals surface area contributed by atoms with Crippen LogP contribution in [0.4, 0.5) is 15.3 Å². The normalized spacial score (nSPS) is 19.1. The standard InChI is InChI=1S/C49H59N9O6/c1-30(2)41(54-47(61)64-6)45(59)57-22-12-20-39(57)43-50-26-37(52-43)32-14-10-16-34(24-32)49(28-56(29-49)36-18-8-7-9-19-36)35-17-11-15-33(25-35)38-27-51-44(53-38)40-21-13-23-58(40)46(60)42(31(3)4)55(5)48(62)63/h7-11,14-19,24-27,30-31,39-42H,12-13,20-23,28-29H2,1-6H3,(H,50,52)(H,51,53)(H,54,61)(H,62,63)/t39-,40-,41-,42-/m0/s1. The quantitative estimate of drug-likeness (QED) is 0.0927. The van der Waals surface area contributed by atoms with Crippen molar-refractivity contribution >= 4 is 29.7 Å². The molecular weight excluding hydrogens is 811 g/mol. The molecule has 8 rings (SSSR count). The Hall–Kier alpha value is -6.64. The van der Waals surface area contributed by atoms with Gasteiger partial charge in [0.15, 0.2) is 0 Å². The van der Waals surface area contributed by atoms with E-state index in [0.29, 0.717) is 24.7 Å². The van der Waals surface area contributed by atoms with Crippen molar-refractivity contribution in [3.63, 3.8) is 0 Å². The molecule has 15 heteroatoms. The van der Waals surface area contributed by atoms with Crippen LogP contribution < -0.4 is 10.2 Å². The highest BCUT2D eigenvalue weighted by Crippen LogP contribution is 2.45. The zero-order chi connectivity index (χ0) is 45.3. The number of anilines is 1. The summed E-state index contributed by atoms with van der Waals surface area (Å²) in [6.07, 6.45) is 5.03. The lowest BCUT2D eigenvalue weighted by atomic mass is 9.67. The van der Waals surface area contributed by atoms with Crippen molar-refractivity contribution in [2.45, 2.75) is 83.0 Å². The molecule has 0 bridgehead atoms. The first-order chi connectivity index (χ1) is 30.8. The van der Waals surface area contributed by atoms with Gasteiger partial charge in [-0.1, -0.05) is 82.3 Å². The summed E-state index contributed by atoms with van der Waals surface area (Å²) in [4.78, 5) is 75.6. The van der Waals surface area contributed by atoms with E-state index in [4.69, 9.17) is 14.7 Å². The average molecular weight is 870 g/mol. The molecule has 64 heavy (non-hydrogen) atoms. The van der Waals surface area contributed by atoms with E-state index in [-0.39, 0.29) is 41.1 Å². The SMILES string of the molecule is COC(=O)N[C@H](C(=O)N1CCC[C@H]1c1ncc(-c2cccc(C3(c4cccc(-c5cnc([C@@H]6CCCN6C(=O)[C@H](C(C)C)N(C)C(=O)O)[nH]5)c4)CN(c4ccccc4)C3)c2)[nH]1)C(C)C. The lowest BCUT2D eigenvalue weighted by Crippen LogP contribution is -2.60. The fourth-order valence-corrected chi connectivity index (χ4v) is 9.93. The highest BCUT2D eigenvalue weighted by Gasteiger charge is 2.47. The van der Waals surface area contributed by atoms with Crippen molar-refractivity contribution in [1.82, 2.24) is 40.0 Å². The number of carboxylic acid groups (broad SMARTS) is 1. The van der Waals surface area contributed by atoms with Gasteiger partial charge in [-0.3, -0.25) is 14.5 Å². The van der Waals surface area contributed by atoms with Crippen LogP contribution in [-0.2, 0) is 19.7 Å². The number of H-pyrrole nitrogens is 2. The third-order valence-corrected chi connectivity index (χ3v) is 13.4. The molecule has 5 heterocycles. The number of likely N-dealkylation sites (tertiary alicyclic amines) is 2. The smallest absolute Gasteiger partial charge is 0.407 e. The number of aromatic nitrogens is 4. The summed E-state index contributed by atoms with van der Waals surface area (Å²) >= 11 is 0. The van der Waals surface area contributed by atoms with Crippen LogP contribution in [0.1, 0.15) is 88.2 Å². The van der Waals surface area contributed by atoms with Crippen LogP contribution in [0.5, 0.6) is 0 Å². The number of aromatic amines is 2. The maximum atomic E-state index is 13.9. The number of likely N-dealkylation sites (N-methyl/N-ethyl adjacent to an activating group) is 1. The van der Waals surface area contributed by atoms with Crippen molar-refractivity contribution in [1.29, 1.82) is 0 Å². The first-order valence-electron chi connectivity index (χ1n) is 22.3. The molecule has 15 nitrogen and oxygen atoms in total. The number of para-hydroxylation sites is 1. The average Bonchev–Trinajstić information content (AvgIpc) is 4.13. The van der Waals surface area contributed by atoms with E-state index in [0.717, 1.165) is 83.0 Å². The summed E-state index contributed by atoms with van der Waals surface area (Å²) < 4.78 is 4.82. The summed E-state index contributed by atoms with van der Waals surface area (Å²) in [5.41, 5.74) is 6.76. The van der Waals surface area contributed by atoms with Gasteiger partial charge in [0.2, 0.25) is 11.8 Å². The number of imidazole rings is 2. The topological polar surface area (TPSA) is 180 Å². The largest absolute Gasteiger partial charge is 0.465 e. The molecule has 0 unspecified atom stereocenters. The van der Waals surface area contributed by atoms with Crippen LogP contribution in [0, 0.1) is 11.8 Å². The van der Waals surface area contributed by atoms with Crippen LogP contribution in [-0.4, -0.2) is 116 Å². The van der Waals surface area contributed by atoms with E-state index in [2.05, 4.69) is 93.0 Å². The number of hydrogen-bond donors (Lipinski definition) is 4. The maximum absolute atomic E-state index is 13.9. The Morgan fingerprint density at radius 2 is 1.30 bits per heavy atom. The fraction of sp³-hybridized carbons (Fsp3) is 0.429. The second-order valence-electron chi connectivity index (χ2n) is 18.1. The van der Waals surface area contributed by atoms with Crippen LogP contribution in [0.25, 0.3) is 22.5 Å². The molecule has 4 amide bonds. The minimum Gasteiger partial charge on any atom is -0.465 e. The number of carbonyl (C=O) groups excluding carboxylic acids is 3. The molecule has 0 radical (unpaired) electrons. The van der Waals surface area contributed by atoms with E-state index < -0.39 is 24.3 Å². The number of hydrogen-bond acceptors (Lipinski definition) is 8. The van der Waals surface area contributed by atoms with E-state index in [9.17, 15) is 24.3 Å². The molecule has 4 atom stereocenters. The number of ether oxygens (including phenoxy) is 1. The summed E-state index contributed by atoms with van der Waals surface area (Å²) in [6, 6.07) is 25.6. The molecule has 0 saturated carbocycles. The molecule has 3 saturated heterocycles. The number of nitrogens with one attached hydrogen (secondary N) is 3. The van der Waals surface area contributed by atoms with Crippen LogP contribution >= 0.6 is 0 Å². The first-order valence-corrected chi connectivity index (χ1v) is 22.3. The number of benzene rings is 3.